The summed E-state index contributed by atoms with van der Waals surface area (Å²) in [4.78, 5) is 11.8. The zero-order valence-electron chi connectivity index (χ0n) is 13.4. The summed E-state index contributed by atoms with van der Waals surface area (Å²) in [5.41, 5.74) is 7.52. The number of primary amides is 1. The number of amides is 1. The van der Waals surface area contributed by atoms with Crippen LogP contribution in [0, 0.1) is 5.92 Å². The van der Waals surface area contributed by atoms with E-state index < -0.39 is 5.91 Å². The molecule has 122 valence electrons. The fraction of sp³-hybridized carbons (Fsp3) is 0.444. The molecule has 0 aliphatic heterocycles. The number of nitrogens with zero attached hydrogens (tertiary/aromatic N) is 2. The summed E-state index contributed by atoms with van der Waals surface area (Å²) in [5, 5.41) is 4.60. The number of hydrogen-bond donors (Lipinski definition) is 1. The van der Waals surface area contributed by atoms with Crippen molar-refractivity contribution < 1.29 is 9.53 Å². The Morgan fingerprint density at radius 2 is 2.04 bits per heavy atom. The molecule has 5 heteroatoms. The summed E-state index contributed by atoms with van der Waals surface area (Å²) < 4.78 is 7.48. The lowest BCUT2D eigenvalue weighted by Gasteiger charge is -2.21. The Morgan fingerprint density at radius 1 is 1.35 bits per heavy atom. The normalized spacial score (nSPS) is 16.6. The predicted octanol–water partition coefficient (Wildman–Crippen LogP) is 2.85. The van der Waals surface area contributed by atoms with Crippen molar-refractivity contribution in [2.45, 2.75) is 38.3 Å². The molecule has 1 amide bonds. The molecular weight excluding hydrogens is 290 g/mol. The molecule has 1 aromatic carbocycles. The van der Waals surface area contributed by atoms with Gasteiger partial charge in [0.2, 0.25) is 0 Å². The Labute approximate surface area is 136 Å². The average Bonchev–Trinajstić information content (AvgIpc) is 3.23. The van der Waals surface area contributed by atoms with Crippen molar-refractivity contribution in [3.8, 4) is 11.3 Å². The molecule has 1 aromatic heterocycles. The lowest BCUT2D eigenvalue weighted by Crippen LogP contribution is -2.26. The third-order valence-electron chi connectivity index (χ3n) is 4.67. The van der Waals surface area contributed by atoms with Gasteiger partial charge in [-0.05, 0) is 18.8 Å². The van der Waals surface area contributed by atoms with Crippen LogP contribution < -0.4 is 5.73 Å². The van der Waals surface area contributed by atoms with Gasteiger partial charge in [0.15, 0.2) is 0 Å². The van der Waals surface area contributed by atoms with E-state index in [2.05, 4.69) is 5.10 Å². The third kappa shape index (κ3) is 3.45. The van der Waals surface area contributed by atoms with Crippen LogP contribution in [0.3, 0.4) is 0 Å². The Hall–Kier alpha value is -2.14. The summed E-state index contributed by atoms with van der Waals surface area (Å²) >= 11 is 0. The summed E-state index contributed by atoms with van der Waals surface area (Å²) in [6.07, 6.45) is 6.81. The number of aromatic nitrogens is 2. The number of nitrogens with two attached hydrogens (primary N) is 1. The molecule has 1 heterocycles. The molecule has 2 N–H and O–H groups in total. The van der Waals surface area contributed by atoms with Gasteiger partial charge in [0.05, 0.1) is 18.2 Å². The van der Waals surface area contributed by atoms with Crippen molar-refractivity contribution in [2.75, 3.05) is 7.11 Å². The number of rotatable bonds is 6. The molecule has 0 saturated heterocycles. The van der Waals surface area contributed by atoms with E-state index in [1.807, 2.05) is 30.3 Å². The SMILES string of the molecule is CO[C@@H](Cn1cc(C(N)=O)c(-c2ccccc2)n1)C1CCCC1. The van der Waals surface area contributed by atoms with E-state index in [1.165, 1.54) is 25.7 Å². The van der Waals surface area contributed by atoms with E-state index >= 15 is 0 Å². The minimum atomic E-state index is -0.454. The minimum Gasteiger partial charge on any atom is -0.379 e. The second kappa shape index (κ2) is 6.96. The molecule has 0 unspecified atom stereocenters. The summed E-state index contributed by atoms with van der Waals surface area (Å²) in [6, 6.07) is 9.66. The number of methoxy groups -OCH3 is 1. The first-order valence-corrected chi connectivity index (χ1v) is 8.14. The zero-order valence-corrected chi connectivity index (χ0v) is 13.4. The summed E-state index contributed by atoms with van der Waals surface area (Å²) in [5.74, 6) is 0.117. The first kappa shape index (κ1) is 15.7. The first-order valence-electron chi connectivity index (χ1n) is 8.14. The first-order chi connectivity index (χ1) is 11.2. The molecule has 5 nitrogen and oxygen atoms in total. The fourth-order valence-corrected chi connectivity index (χ4v) is 3.43. The standard InChI is InChI=1S/C18H23N3O2/c1-23-16(13-7-5-6-8-13)12-21-11-15(18(19)22)17(20-21)14-9-3-2-4-10-14/h2-4,9-11,13,16H,5-8,12H2,1H3,(H2,19,22)/t16-/m0/s1. The quantitative estimate of drug-likeness (QED) is 0.891. The van der Waals surface area contributed by atoms with Gasteiger partial charge in [0, 0.05) is 18.9 Å². The van der Waals surface area contributed by atoms with Crippen LogP contribution in [0.2, 0.25) is 0 Å². The lowest BCUT2D eigenvalue weighted by atomic mass is 10.0. The highest BCUT2D eigenvalue weighted by molar-refractivity contribution is 5.98. The van der Waals surface area contributed by atoms with E-state index in [0.717, 1.165) is 5.56 Å². The van der Waals surface area contributed by atoms with Crippen molar-refractivity contribution in [1.29, 1.82) is 0 Å². The van der Waals surface area contributed by atoms with Crippen LogP contribution in [-0.2, 0) is 11.3 Å². The second-order valence-electron chi connectivity index (χ2n) is 6.16. The van der Waals surface area contributed by atoms with Crippen LogP contribution in [0.5, 0.6) is 0 Å². The predicted molar refractivity (Wildman–Crippen MR) is 88.9 cm³/mol. The second-order valence-corrected chi connectivity index (χ2v) is 6.16. The molecule has 1 saturated carbocycles. The van der Waals surface area contributed by atoms with E-state index in [4.69, 9.17) is 10.5 Å². The van der Waals surface area contributed by atoms with E-state index in [1.54, 1.807) is 18.0 Å². The minimum absolute atomic E-state index is 0.127. The van der Waals surface area contributed by atoms with E-state index in [9.17, 15) is 4.79 Å². The van der Waals surface area contributed by atoms with E-state index in [-0.39, 0.29) is 6.10 Å². The number of benzene rings is 1. The van der Waals surface area contributed by atoms with Crippen LogP contribution in [0.25, 0.3) is 11.3 Å². The maximum atomic E-state index is 11.8. The molecule has 1 atom stereocenters. The van der Waals surface area contributed by atoms with Gasteiger partial charge in [-0.15, -0.1) is 0 Å². The lowest BCUT2D eigenvalue weighted by molar-refractivity contribution is 0.0381. The maximum Gasteiger partial charge on any atom is 0.252 e. The van der Waals surface area contributed by atoms with Crippen LogP contribution in [-0.4, -0.2) is 28.9 Å². The van der Waals surface area contributed by atoms with Crippen LogP contribution in [0.1, 0.15) is 36.0 Å². The van der Waals surface area contributed by atoms with Crippen LogP contribution in [0.4, 0.5) is 0 Å². The Bertz CT molecular complexity index is 660. The zero-order chi connectivity index (χ0) is 16.2. The highest BCUT2D eigenvalue weighted by atomic mass is 16.5. The fourth-order valence-electron chi connectivity index (χ4n) is 3.43. The molecule has 3 rings (SSSR count). The smallest absolute Gasteiger partial charge is 0.252 e. The highest BCUT2D eigenvalue weighted by Gasteiger charge is 2.26. The third-order valence-corrected chi connectivity index (χ3v) is 4.67. The Kier molecular flexibility index (Phi) is 4.76. The highest BCUT2D eigenvalue weighted by Crippen LogP contribution is 2.30. The van der Waals surface area contributed by atoms with Gasteiger partial charge in [-0.25, -0.2) is 0 Å². The number of ether oxygens (including phenoxy) is 1. The number of hydrogen-bond acceptors (Lipinski definition) is 3. The van der Waals surface area contributed by atoms with Gasteiger partial charge in [-0.1, -0.05) is 43.2 Å². The largest absolute Gasteiger partial charge is 0.379 e. The maximum absolute atomic E-state index is 11.8. The molecule has 0 spiro atoms. The summed E-state index contributed by atoms with van der Waals surface area (Å²) in [7, 11) is 1.75. The van der Waals surface area contributed by atoms with Crippen molar-refractivity contribution in [1.82, 2.24) is 9.78 Å². The van der Waals surface area contributed by atoms with Crippen molar-refractivity contribution >= 4 is 5.91 Å². The van der Waals surface area contributed by atoms with Gasteiger partial charge in [0.1, 0.15) is 5.69 Å². The molecule has 0 bridgehead atoms. The van der Waals surface area contributed by atoms with Gasteiger partial charge in [-0.3, -0.25) is 9.48 Å². The Morgan fingerprint density at radius 3 is 2.65 bits per heavy atom. The molecule has 0 radical (unpaired) electrons. The number of carbonyl (C=O) groups is 1. The van der Waals surface area contributed by atoms with Crippen LogP contribution >= 0.6 is 0 Å². The molecular formula is C18H23N3O2. The molecule has 1 aliphatic rings. The molecule has 1 aliphatic carbocycles. The van der Waals surface area contributed by atoms with Crippen molar-refractivity contribution in [3.63, 3.8) is 0 Å². The summed E-state index contributed by atoms with van der Waals surface area (Å²) in [6.45, 7) is 0.647. The van der Waals surface area contributed by atoms with E-state index in [0.29, 0.717) is 23.7 Å². The van der Waals surface area contributed by atoms with Crippen molar-refractivity contribution in [2.24, 2.45) is 11.7 Å². The van der Waals surface area contributed by atoms with Gasteiger partial charge in [-0.2, -0.15) is 5.10 Å². The van der Waals surface area contributed by atoms with Crippen LogP contribution in [0.15, 0.2) is 36.5 Å². The molecule has 23 heavy (non-hydrogen) atoms. The van der Waals surface area contributed by atoms with Gasteiger partial charge >= 0.3 is 0 Å². The van der Waals surface area contributed by atoms with Crippen molar-refractivity contribution in [3.05, 3.63) is 42.1 Å². The number of carbonyl (C=O) groups excluding carboxylic acids is 1. The molecule has 1 fully saturated rings. The van der Waals surface area contributed by atoms with Gasteiger partial charge in [0.25, 0.3) is 5.91 Å². The topological polar surface area (TPSA) is 70.1 Å². The average molecular weight is 313 g/mol. The van der Waals surface area contributed by atoms with Gasteiger partial charge < -0.3 is 10.5 Å². The monoisotopic (exact) mass is 313 g/mol. The molecule has 2 aromatic rings. The Balaban J connectivity index is 1.87.